The molecule has 0 bridgehead atoms. The molecule has 2 nitrogen and oxygen atoms in total. The van der Waals surface area contributed by atoms with Crippen LogP contribution in [-0.2, 0) is 9.84 Å². The molecule has 2 heteroatoms. The van der Waals surface area contributed by atoms with E-state index >= 15 is 0 Å². The topological polar surface area (TPSA) is 32.4 Å². The molecule has 0 aromatic carbocycles. The van der Waals surface area contributed by atoms with E-state index in [2.05, 4.69) is 4.74 Å². The Morgan fingerprint density at radius 1 is 2.00 bits per heavy atom. The number of hydrogen-bond donors (Lipinski definition) is 0. The van der Waals surface area contributed by atoms with Crippen molar-refractivity contribution in [2.24, 2.45) is 0 Å². The number of ether oxygens (including phenoxy) is 1. The van der Waals surface area contributed by atoms with Crippen molar-refractivity contribution in [1.29, 1.82) is 0 Å². The van der Waals surface area contributed by atoms with Crippen LogP contribution in [0.4, 0.5) is 0 Å². The first kappa shape index (κ1) is 2.18. The molecule has 1 radical (unpaired) electrons. The van der Waals surface area contributed by atoms with Gasteiger partial charge in [-0.3, -0.25) is 0 Å². The Labute approximate surface area is 24.0 Å². The van der Waals surface area contributed by atoms with Gasteiger partial charge in [0.25, 0.3) is 0 Å². The smallest absolute Gasteiger partial charge is 0.215 e. The molecule has 1 unspecified atom stereocenters. The summed E-state index contributed by atoms with van der Waals surface area (Å²) in [5.41, 5.74) is 0. The van der Waals surface area contributed by atoms with Crippen molar-refractivity contribution in [3.63, 3.8) is 0 Å². The van der Waals surface area contributed by atoms with E-state index in [1.165, 1.54) is 0 Å². The van der Waals surface area contributed by atoms with Crippen molar-refractivity contribution in [1.82, 2.24) is 0 Å². The lowest BCUT2D eigenvalue weighted by atomic mass is 10.9. The molecule has 23 valence electrons. The molecule has 0 aromatic heterocycles. The Bertz CT molecular complexity index is 23.2. The van der Waals surface area contributed by atoms with E-state index in [9.17, 15) is 5.11 Å². The summed E-state index contributed by atoms with van der Waals surface area (Å²) in [5.74, 6) is 0. The van der Waals surface area contributed by atoms with Crippen LogP contribution < -0.4 is 0 Å². The number of hydrogen-bond acceptors (Lipinski definition) is 1. The SMILES string of the molecule is [O]C1CO1. The van der Waals surface area contributed by atoms with Crippen LogP contribution in [0, 0.1) is 0 Å². The number of rotatable bonds is 0. The Balaban J connectivity index is 2.17. The normalized spacial score (nSPS) is 39.8. The molecule has 1 aliphatic rings. The number of epoxide rings is 1. The van der Waals surface area contributed by atoms with Crippen LogP contribution in [0.2, 0.25) is 0 Å². The standard InChI is InChI=1S/C2H3O2/c3-2-1-4-2/h2H,1H2. The lowest BCUT2D eigenvalue weighted by Crippen LogP contribution is -1.65. The zero-order valence-electron chi connectivity index (χ0n) is 2.10. The van der Waals surface area contributed by atoms with E-state index in [-0.39, 0.29) is 0 Å². The molecule has 4 heavy (non-hydrogen) atoms. The Kier molecular flexibility index (Phi) is 0.242. The second-order valence-corrected chi connectivity index (χ2v) is 0.763. The van der Waals surface area contributed by atoms with Crippen molar-refractivity contribution >= 4 is 0 Å². The molecule has 0 aliphatic carbocycles. The molecule has 0 amide bonds. The Morgan fingerprint density at radius 3 is 2.25 bits per heavy atom. The van der Waals surface area contributed by atoms with Crippen molar-refractivity contribution in [3.05, 3.63) is 0 Å². The Hall–Kier alpha value is -0.0800. The van der Waals surface area contributed by atoms with Gasteiger partial charge in [-0.15, -0.1) is 0 Å². The summed E-state index contributed by atoms with van der Waals surface area (Å²) in [7, 11) is 0. The summed E-state index contributed by atoms with van der Waals surface area (Å²) in [6.45, 7) is 0.431. The molecule has 0 N–H and O–H groups in total. The molecule has 1 fully saturated rings. The van der Waals surface area contributed by atoms with Gasteiger partial charge in [-0.2, -0.15) is 5.11 Å². The molecular weight excluding hydrogens is 56.0 g/mol. The average Bonchev–Trinajstić information content (AvgIpc) is 1.75. The molecule has 0 aromatic rings. The van der Waals surface area contributed by atoms with Crippen molar-refractivity contribution in [2.45, 2.75) is 6.29 Å². The van der Waals surface area contributed by atoms with E-state index in [4.69, 9.17) is 0 Å². The summed E-state index contributed by atoms with van der Waals surface area (Å²) in [5, 5.41) is 9.42. The van der Waals surface area contributed by atoms with E-state index in [1.54, 1.807) is 0 Å². The highest BCUT2D eigenvalue weighted by atomic mass is 16.7. The molecule has 1 atom stereocenters. The third-order valence-corrected chi connectivity index (χ3v) is 0.303. The minimum atomic E-state index is -0.667. The van der Waals surface area contributed by atoms with Crippen LogP contribution >= 0.6 is 0 Å². The second kappa shape index (κ2) is 0.445. The summed E-state index contributed by atoms with van der Waals surface area (Å²) < 4.78 is 4.15. The van der Waals surface area contributed by atoms with Gasteiger partial charge in [0, 0.05) is 0 Å². The maximum absolute atomic E-state index is 9.42. The van der Waals surface area contributed by atoms with Gasteiger partial charge >= 0.3 is 0 Å². The zero-order chi connectivity index (χ0) is 2.99. The van der Waals surface area contributed by atoms with E-state index < -0.39 is 6.29 Å². The Morgan fingerprint density at radius 2 is 2.25 bits per heavy atom. The first-order chi connectivity index (χ1) is 1.89. The van der Waals surface area contributed by atoms with Gasteiger partial charge in [0.1, 0.15) is 6.61 Å². The molecule has 0 spiro atoms. The zero-order valence-corrected chi connectivity index (χ0v) is 2.10. The lowest BCUT2D eigenvalue weighted by Gasteiger charge is -1.47. The monoisotopic (exact) mass is 59.0 g/mol. The van der Waals surface area contributed by atoms with Gasteiger partial charge in [0.15, 0.2) is 0 Å². The quantitative estimate of drug-likeness (QED) is 0.355. The van der Waals surface area contributed by atoms with Gasteiger partial charge in [-0.05, 0) is 0 Å². The van der Waals surface area contributed by atoms with Gasteiger partial charge < -0.3 is 4.74 Å². The average molecular weight is 59.0 g/mol. The van der Waals surface area contributed by atoms with Crippen LogP contribution in [-0.4, -0.2) is 12.9 Å². The van der Waals surface area contributed by atoms with Crippen molar-refractivity contribution < 1.29 is 9.84 Å². The largest absolute Gasteiger partial charge is 0.342 e. The highest BCUT2D eigenvalue weighted by Crippen LogP contribution is 2.01. The summed E-state index contributed by atoms with van der Waals surface area (Å²) in [6.07, 6.45) is -0.667. The van der Waals surface area contributed by atoms with Crippen LogP contribution in [0.1, 0.15) is 0 Å². The van der Waals surface area contributed by atoms with Crippen LogP contribution in [0.5, 0.6) is 0 Å². The second-order valence-electron chi connectivity index (χ2n) is 0.763. The molecule has 1 aliphatic heterocycles. The molecule has 0 saturated carbocycles. The maximum Gasteiger partial charge on any atom is 0.215 e. The van der Waals surface area contributed by atoms with E-state index in [0.29, 0.717) is 6.61 Å². The van der Waals surface area contributed by atoms with Gasteiger partial charge in [0.05, 0.1) is 0 Å². The van der Waals surface area contributed by atoms with Crippen molar-refractivity contribution in [3.8, 4) is 0 Å². The fraction of sp³-hybridized carbons (Fsp3) is 1.00. The first-order valence-electron chi connectivity index (χ1n) is 1.17. The first-order valence-corrected chi connectivity index (χ1v) is 1.17. The molecule has 1 heterocycles. The highest BCUT2D eigenvalue weighted by molar-refractivity contribution is 4.47. The third kappa shape index (κ3) is 0.191. The molecule has 1 saturated heterocycles. The van der Waals surface area contributed by atoms with E-state index in [1.807, 2.05) is 0 Å². The minimum absolute atomic E-state index is 0.431. The lowest BCUT2D eigenvalue weighted by molar-refractivity contribution is 0.0822. The van der Waals surface area contributed by atoms with Gasteiger partial charge in [-0.25, -0.2) is 0 Å². The summed E-state index contributed by atoms with van der Waals surface area (Å²) in [6, 6.07) is 0. The third-order valence-electron chi connectivity index (χ3n) is 0.303. The predicted octanol–water partition coefficient (Wildman–Crippen LogP) is -0.227. The van der Waals surface area contributed by atoms with Crippen molar-refractivity contribution in [2.75, 3.05) is 6.61 Å². The summed E-state index contributed by atoms with van der Waals surface area (Å²) >= 11 is 0. The van der Waals surface area contributed by atoms with Gasteiger partial charge in [0.2, 0.25) is 6.29 Å². The molecule has 1 rings (SSSR count). The highest BCUT2D eigenvalue weighted by Gasteiger charge is 2.19. The fourth-order valence-electron chi connectivity index (χ4n) is 0.0393. The summed E-state index contributed by atoms with van der Waals surface area (Å²) in [4.78, 5) is 0. The minimum Gasteiger partial charge on any atom is -0.342 e. The molecular formula is C2H3O2. The van der Waals surface area contributed by atoms with Crippen LogP contribution in [0.15, 0.2) is 0 Å². The van der Waals surface area contributed by atoms with Gasteiger partial charge in [-0.1, -0.05) is 0 Å². The fourth-order valence-corrected chi connectivity index (χ4v) is 0.0393. The van der Waals surface area contributed by atoms with Crippen LogP contribution in [0.25, 0.3) is 0 Å². The maximum atomic E-state index is 9.42. The van der Waals surface area contributed by atoms with Crippen LogP contribution in [0.3, 0.4) is 0 Å². The predicted molar refractivity (Wildman–Crippen MR) is 10.4 cm³/mol. The van der Waals surface area contributed by atoms with E-state index in [0.717, 1.165) is 0 Å².